The van der Waals surface area contributed by atoms with Crippen molar-refractivity contribution in [1.82, 2.24) is 9.88 Å². The third kappa shape index (κ3) is 5.91. The summed E-state index contributed by atoms with van der Waals surface area (Å²) in [4.78, 5) is 28.7. The molecule has 0 aliphatic carbocycles. The second kappa shape index (κ2) is 8.17. The van der Waals surface area contributed by atoms with Crippen molar-refractivity contribution in [3.63, 3.8) is 0 Å². The van der Waals surface area contributed by atoms with Crippen LogP contribution in [0.15, 0.2) is 18.3 Å². The second-order valence-corrected chi connectivity index (χ2v) is 5.87. The lowest BCUT2D eigenvalue weighted by atomic mass is 9.97. The number of alkyl halides is 3. The Balaban J connectivity index is 2.01. The lowest BCUT2D eigenvalue weighted by molar-refractivity contribution is -0.154. The van der Waals surface area contributed by atoms with Crippen molar-refractivity contribution in [1.29, 1.82) is 0 Å². The van der Waals surface area contributed by atoms with Gasteiger partial charge in [0.25, 0.3) is 5.91 Å². The van der Waals surface area contributed by atoms with Gasteiger partial charge in [0, 0.05) is 31.3 Å². The smallest absolute Gasteiger partial charge is 0.422 e. The molecule has 2 heterocycles. The molecule has 1 N–H and O–H groups in total. The Labute approximate surface area is 142 Å². The summed E-state index contributed by atoms with van der Waals surface area (Å²) in [5, 5.41) is 8.82. The molecule has 138 valence electrons. The van der Waals surface area contributed by atoms with Gasteiger partial charge in [0.2, 0.25) is 5.88 Å². The van der Waals surface area contributed by atoms with Gasteiger partial charge in [-0.25, -0.2) is 4.98 Å². The molecule has 6 nitrogen and oxygen atoms in total. The summed E-state index contributed by atoms with van der Waals surface area (Å²) < 4.78 is 40.8. The molecule has 25 heavy (non-hydrogen) atoms. The van der Waals surface area contributed by atoms with Crippen LogP contribution in [0.25, 0.3) is 0 Å². The molecule has 0 bridgehead atoms. The highest BCUT2D eigenvalue weighted by atomic mass is 19.4. The molecule has 1 aromatic heterocycles. The molecule has 1 fully saturated rings. The predicted molar refractivity (Wildman–Crippen MR) is 81.3 cm³/mol. The van der Waals surface area contributed by atoms with E-state index in [-0.39, 0.29) is 29.8 Å². The monoisotopic (exact) mass is 360 g/mol. The highest BCUT2D eigenvalue weighted by Crippen LogP contribution is 2.23. The Morgan fingerprint density at radius 3 is 2.68 bits per heavy atom. The summed E-state index contributed by atoms with van der Waals surface area (Å²) in [6.07, 6.45) is -0.429. The summed E-state index contributed by atoms with van der Waals surface area (Å²) in [5.41, 5.74) is 0.238. The number of pyridine rings is 1. The molecule has 0 saturated carbocycles. The van der Waals surface area contributed by atoms with Gasteiger partial charge in [-0.3, -0.25) is 9.59 Å². The van der Waals surface area contributed by atoms with Gasteiger partial charge in [0.1, 0.15) is 0 Å². The van der Waals surface area contributed by atoms with Crippen LogP contribution in [0.3, 0.4) is 0 Å². The number of ether oxygens (including phenoxy) is 1. The van der Waals surface area contributed by atoms with E-state index < -0.39 is 18.8 Å². The molecule has 9 heteroatoms. The first-order valence-corrected chi connectivity index (χ1v) is 7.94. The number of nitrogens with zero attached hydrogens (tertiary/aromatic N) is 2. The zero-order chi connectivity index (χ0) is 18.4. The number of likely N-dealkylation sites (tertiary alicyclic amines) is 1. The molecular formula is C16H19F3N2O4. The number of aromatic nitrogens is 1. The number of rotatable bonds is 6. The summed E-state index contributed by atoms with van der Waals surface area (Å²) in [6, 6.07) is 2.43. The van der Waals surface area contributed by atoms with Crippen LogP contribution in [0.5, 0.6) is 5.88 Å². The second-order valence-electron chi connectivity index (χ2n) is 5.87. The van der Waals surface area contributed by atoms with Gasteiger partial charge in [-0.15, -0.1) is 0 Å². The van der Waals surface area contributed by atoms with E-state index in [1.54, 1.807) is 4.90 Å². The quantitative estimate of drug-likeness (QED) is 0.844. The average Bonchev–Trinajstić information content (AvgIpc) is 2.57. The van der Waals surface area contributed by atoms with Gasteiger partial charge < -0.3 is 14.7 Å². The fourth-order valence-corrected chi connectivity index (χ4v) is 2.77. The minimum absolute atomic E-state index is 0.0169. The molecule has 0 aromatic carbocycles. The number of piperidine rings is 1. The number of halogens is 3. The van der Waals surface area contributed by atoms with Crippen LogP contribution in [0.4, 0.5) is 13.2 Å². The fraction of sp³-hybridized carbons (Fsp3) is 0.562. The van der Waals surface area contributed by atoms with Crippen molar-refractivity contribution < 1.29 is 32.6 Å². The Morgan fingerprint density at radius 2 is 2.08 bits per heavy atom. The molecular weight excluding hydrogens is 341 g/mol. The minimum atomic E-state index is -4.46. The minimum Gasteiger partial charge on any atom is -0.481 e. The Bertz CT molecular complexity index is 604. The molecule has 1 aliphatic heterocycles. The van der Waals surface area contributed by atoms with E-state index in [1.165, 1.54) is 18.3 Å². The van der Waals surface area contributed by atoms with Crippen LogP contribution in [0.2, 0.25) is 0 Å². The van der Waals surface area contributed by atoms with Crippen molar-refractivity contribution >= 4 is 11.9 Å². The van der Waals surface area contributed by atoms with Crippen molar-refractivity contribution in [3.05, 3.63) is 23.9 Å². The van der Waals surface area contributed by atoms with Crippen LogP contribution in [-0.2, 0) is 4.79 Å². The van der Waals surface area contributed by atoms with Crippen molar-refractivity contribution in [2.45, 2.75) is 44.3 Å². The van der Waals surface area contributed by atoms with E-state index in [4.69, 9.17) is 5.11 Å². The van der Waals surface area contributed by atoms with Gasteiger partial charge in [-0.1, -0.05) is 0 Å². The fourth-order valence-electron chi connectivity index (χ4n) is 2.77. The summed E-state index contributed by atoms with van der Waals surface area (Å²) in [7, 11) is 0. The Hall–Kier alpha value is -2.32. The van der Waals surface area contributed by atoms with Crippen LogP contribution < -0.4 is 4.74 Å². The van der Waals surface area contributed by atoms with E-state index in [0.717, 1.165) is 19.3 Å². The molecule has 1 amide bonds. The molecule has 0 spiro atoms. The van der Waals surface area contributed by atoms with Crippen LogP contribution in [0, 0.1) is 0 Å². The van der Waals surface area contributed by atoms with E-state index in [0.29, 0.717) is 13.0 Å². The first-order chi connectivity index (χ1) is 11.8. The third-order valence-corrected chi connectivity index (χ3v) is 3.95. The zero-order valence-electron chi connectivity index (χ0n) is 13.5. The molecule has 1 aliphatic rings. The lowest BCUT2D eigenvalue weighted by Crippen LogP contribution is -2.44. The molecule has 2 rings (SSSR count). The highest BCUT2D eigenvalue weighted by Gasteiger charge is 2.29. The van der Waals surface area contributed by atoms with Gasteiger partial charge in [-0.2, -0.15) is 13.2 Å². The number of amides is 1. The molecule has 1 unspecified atom stereocenters. The number of aliphatic carboxylic acids is 1. The number of carbonyl (C=O) groups is 2. The van der Waals surface area contributed by atoms with Crippen LogP contribution in [0.1, 0.15) is 42.5 Å². The topological polar surface area (TPSA) is 79.7 Å². The standard InChI is InChI=1S/C16H19F3N2O4/c17-16(18,19)10-25-13-6-4-11(9-20-13)15(24)21-8-2-1-3-12(21)5-7-14(22)23/h4,6,9,12H,1-3,5,7-8,10H2,(H,22,23). The van der Waals surface area contributed by atoms with E-state index >= 15 is 0 Å². The molecule has 1 atom stereocenters. The first kappa shape index (κ1) is 19.0. The highest BCUT2D eigenvalue weighted by molar-refractivity contribution is 5.94. The van der Waals surface area contributed by atoms with E-state index in [9.17, 15) is 22.8 Å². The predicted octanol–water partition coefficient (Wildman–Crippen LogP) is 2.88. The number of carbonyl (C=O) groups excluding carboxylic acids is 1. The average molecular weight is 360 g/mol. The van der Waals surface area contributed by atoms with Gasteiger partial charge in [0.05, 0.1) is 5.56 Å². The maximum Gasteiger partial charge on any atom is 0.422 e. The Morgan fingerprint density at radius 1 is 1.32 bits per heavy atom. The first-order valence-electron chi connectivity index (χ1n) is 7.94. The summed E-state index contributed by atoms with van der Waals surface area (Å²) in [6.45, 7) is -0.924. The number of hydrogen-bond acceptors (Lipinski definition) is 4. The van der Waals surface area contributed by atoms with Crippen molar-refractivity contribution in [3.8, 4) is 5.88 Å². The SMILES string of the molecule is O=C(O)CCC1CCCCN1C(=O)c1ccc(OCC(F)(F)F)nc1. The van der Waals surface area contributed by atoms with Crippen molar-refractivity contribution in [2.75, 3.05) is 13.2 Å². The zero-order valence-corrected chi connectivity index (χ0v) is 13.5. The maximum absolute atomic E-state index is 12.6. The number of carboxylic acid groups (broad SMARTS) is 1. The summed E-state index contributed by atoms with van der Waals surface area (Å²) >= 11 is 0. The summed E-state index contributed by atoms with van der Waals surface area (Å²) in [5.74, 6) is -1.43. The van der Waals surface area contributed by atoms with Gasteiger partial charge >= 0.3 is 12.1 Å². The number of carboxylic acids is 1. The molecule has 1 saturated heterocycles. The largest absolute Gasteiger partial charge is 0.481 e. The third-order valence-electron chi connectivity index (χ3n) is 3.95. The molecule has 0 radical (unpaired) electrons. The van der Waals surface area contributed by atoms with Gasteiger partial charge in [0.15, 0.2) is 6.61 Å². The van der Waals surface area contributed by atoms with Gasteiger partial charge in [-0.05, 0) is 31.7 Å². The van der Waals surface area contributed by atoms with Crippen LogP contribution >= 0.6 is 0 Å². The normalized spacial score (nSPS) is 18.0. The van der Waals surface area contributed by atoms with Crippen molar-refractivity contribution in [2.24, 2.45) is 0 Å². The maximum atomic E-state index is 12.6. The Kier molecular flexibility index (Phi) is 6.22. The van der Waals surface area contributed by atoms with E-state index in [1.807, 2.05) is 0 Å². The van der Waals surface area contributed by atoms with E-state index in [2.05, 4.69) is 9.72 Å². The molecule has 1 aromatic rings. The number of hydrogen-bond donors (Lipinski definition) is 1. The lowest BCUT2D eigenvalue weighted by Gasteiger charge is -2.35. The van der Waals surface area contributed by atoms with Crippen LogP contribution in [-0.4, -0.2) is 52.2 Å².